The van der Waals surface area contributed by atoms with Crippen molar-refractivity contribution < 1.29 is 28.6 Å². The van der Waals surface area contributed by atoms with Crippen LogP contribution in [0.25, 0.3) is 0 Å². The van der Waals surface area contributed by atoms with E-state index in [1.807, 2.05) is 0 Å². The predicted molar refractivity (Wildman–Crippen MR) is 340 cm³/mol. The third-order valence-electron chi connectivity index (χ3n) is 16.2. The lowest BCUT2D eigenvalue weighted by atomic mass is 10.0. The molecule has 0 spiro atoms. The summed E-state index contributed by atoms with van der Waals surface area (Å²) in [4.78, 5) is 38.4. The van der Waals surface area contributed by atoms with Crippen LogP contribution in [0.3, 0.4) is 0 Å². The summed E-state index contributed by atoms with van der Waals surface area (Å²) in [6, 6.07) is 0. The molecule has 0 aromatic rings. The lowest BCUT2D eigenvalue weighted by Gasteiger charge is -2.18. The number of carbonyl (C=O) groups excluding carboxylic acids is 3. The molecule has 1 unspecified atom stereocenters. The zero-order valence-electron chi connectivity index (χ0n) is 53.0. The molecule has 6 heteroatoms. The lowest BCUT2D eigenvalue weighted by molar-refractivity contribution is -0.167. The minimum absolute atomic E-state index is 0.0653. The zero-order valence-corrected chi connectivity index (χ0v) is 53.0. The van der Waals surface area contributed by atoms with Crippen molar-refractivity contribution in [3.05, 3.63) is 24.3 Å². The van der Waals surface area contributed by atoms with Gasteiger partial charge in [-0.05, 0) is 51.4 Å². The van der Waals surface area contributed by atoms with Crippen LogP contribution < -0.4 is 0 Å². The second-order valence-corrected chi connectivity index (χ2v) is 24.2. The molecule has 0 N–H and O–H groups in total. The zero-order chi connectivity index (χ0) is 56.4. The van der Waals surface area contributed by atoms with E-state index < -0.39 is 6.10 Å². The molecule has 0 saturated heterocycles. The summed E-state index contributed by atoms with van der Waals surface area (Å²) in [5.74, 6) is -0.836. The van der Waals surface area contributed by atoms with E-state index >= 15 is 0 Å². The molecule has 6 nitrogen and oxygen atoms in total. The Kier molecular flexibility index (Phi) is 65.6. The maximum Gasteiger partial charge on any atom is 0.306 e. The van der Waals surface area contributed by atoms with E-state index in [0.717, 1.165) is 64.2 Å². The summed E-state index contributed by atoms with van der Waals surface area (Å²) >= 11 is 0. The molecule has 0 aromatic carbocycles. The van der Waals surface area contributed by atoms with Crippen LogP contribution in [0.15, 0.2) is 24.3 Å². The van der Waals surface area contributed by atoms with Gasteiger partial charge in [-0.3, -0.25) is 14.4 Å². The van der Waals surface area contributed by atoms with Gasteiger partial charge in [0, 0.05) is 19.3 Å². The molecule has 1 atom stereocenters. The monoisotopic (exact) mass is 1100 g/mol. The number of rotatable bonds is 66. The standard InChI is InChI=1S/C72H136O6/c1-4-7-10-13-16-19-22-25-27-29-31-33-35-36-38-39-41-43-45-47-50-53-56-59-62-65-71(74)77-68-69(67-76-70(73)64-61-58-55-52-49-24-21-18-15-12-9-6-3)78-72(75)66-63-60-57-54-51-48-46-44-42-40-37-34-32-30-28-26-23-20-17-14-11-8-5-2/h23,26,30,32,69H,4-22,24-25,27-29,31,33-68H2,1-3H3/b26-23-,32-30-. The number of carbonyl (C=O) groups is 3. The maximum absolute atomic E-state index is 12.9. The van der Waals surface area contributed by atoms with Crippen molar-refractivity contribution >= 4 is 17.9 Å². The van der Waals surface area contributed by atoms with Crippen molar-refractivity contribution in [1.82, 2.24) is 0 Å². The van der Waals surface area contributed by atoms with E-state index in [0.29, 0.717) is 19.3 Å². The Balaban J connectivity index is 4.20. The average molecular weight is 1100 g/mol. The van der Waals surface area contributed by atoms with E-state index in [-0.39, 0.29) is 31.1 Å². The maximum atomic E-state index is 12.9. The van der Waals surface area contributed by atoms with Gasteiger partial charge in [0.15, 0.2) is 6.10 Å². The molecule has 0 radical (unpaired) electrons. The largest absolute Gasteiger partial charge is 0.462 e. The summed E-state index contributed by atoms with van der Waals surface area (Å²) in [5, 5.41) is 0. The van der Waals surface area contributed by atoms with E-state index in [2.05, 4.69) is 45.1 Å². The third kappa shape index (κ3) is 64.7. The van der Waals surface area contributed by atoms with Crippen LogP contribution in [0.1, 0.15) is 400 Å². The summed E-state index contributed by atoms with van der Waals surface area (Å²) in [7, 11) is 0. The molecule has 0 aromatic heterocycles. The highest BCUT2D eigenvalue weighted by atomic mass is 16.6. The smallest absolute Gasteiger partial charge is 0.306 e. The van der Waals surface area contributed by atoms with Crippen LogP contribution in [0.5, 0.6) is 0 Å². The van der Waals surface area contributed by atoms with Gasteiger partial charge in [0.25, 0.3) is 0 Å². The third-order valence-corrected chi connectivity index (χ3v) is 16.2. The van der Waals surface area contributed by atoms with Gasteiger partial charge in [-0.2, -0.15) is 0 Å². The molecule has 0 rings (SSSR count). The summed E-state index contributed by atoms with van der Waals surface area (Å²) in [6.07, 6.45) is 82.1. The van der Waals surface area contributed by atoms with E-state index in [4.69, 9.17) is 14.2 Å². The fraction of sp³-hybridized carbons (Fsp3) is 0.903. The van der Waals surface area contributed by atoms with Gasteiger partial charge in [-0.25, -0.2) is 0 Å². The Morgan fingerprint density at radius 3 is 0.705 bits per heavy atom. The number of allylic oxidation sites excluding steroid dienone is 4. The molecular formula is C72H136O6. The van der Waals surface area contributed by atoms with Gasteiger partial charge in [0.2, 0.25) is 0 Å². The van der Waals surface area contributed by atoms with Crippen LogP contribution in [-0.2, 0) is 28.6 Å². The molecular weight excluding hydrogens is 961 g/mol. The van der Waals surface area contributed by atoms with Gasteiger partial charge < -0.3 is 14.2 Å². The molecule has 0 aliphatic heterocycles. The molecule has 78 heavy (non-hydrogen) atoms. The quantitative estimate of drug-likeness (QED) is 0.0261. The van der Waals surface area contributed by atoms with Crippen molar-refractivity contribution in [2.75, 3.05) is 13.2 Å². The molecule has 0 heterocycles. The fourth-order valence-corrected chi connectivity index (χ4v) is 10.9. The van der Waals surface area contributed by atoms with Crippen molar-refractivity contribution in [3.63, 3.8) is 0 Å². The summed E-state index contributed by atoms with van der Waals surface area (Å²) in [6.45, 7) is 6.71. The first-order valence-electron chi connectivity index (χ1n) is 35.3. The molecule has 0 fully saturated rings. The fourth-order valence-electron chi connectivity index (χ4n) is 10.9. The van der Waals surface area contributed by atoms with Gasteiger partial charge in [-0.15, -0.1) is 0 Å². The second-order valence-electron chi connectivity index (χ2n) is 24.2. The Morgan fingerprint density at radius 1 is 0.256 bits per heavy atom. The highest BCUT2D eigenvalue weighted by Crippen LogP contribution is 2.19. The topological polar surface area (TPSA) is 78.9 Å². The van der Waals surface area contributed by atoms with Crippen molar-refractivity contribution in [2.45, 2.75) is 406 Å². The van der Waals surface area contributed by atoms with E-state index in [9.17, 15) is 14.4 Å². The van der Waals surface area contributed by atoms with Crippen molar-refractivity contribution in [1.29, 1.82) is 0 Å². The Bertz CT molecular complexity index is 1260. The number of unbranched alkanes of at least 4 members (excludes halogenated alkanes) is 51. The van der Waals surface area contributed by atoms with Crippen LogP contribution in [0, 0.1) is 0 Å². The number of ether oxygens (including phenoxy) is 3. The molecule has 460 valence electrons. The van der Waals surface area contributed by atoms with Crippen LogP contribution >= 0.6 is 0 Å². The van der Waals surface area contributed by atoms with Gasteiger partial charge in [0.1, 0.15) is 13.2 Å². The lowest BCUT2D eigenvalue weighted by Crippen LogP contribution is -2.30. The Morgan fingerprint density at radius 2 is 0.462 bits per heavy atom. The molecule has 0 amide bonds. The van der Waals surface area contributed by atoms with Crippen LogP contribution in [-0.4, -0.2) is 37.2 Å². The first-order valence-corrected chi connectivity index (χ1v) is 35.3. The number of esters is 3. The average Bonchev–Trinajstić information content (AvgIpc) is 3.44. The normalized spacial score (nSPS) is 12.1. The molecule has 0 aliphatic carbocycles. The SMILES string of the molecule is CCCCCCC/C=C\C/C=C\CCCCCCCCCCCCCC(=O)OC(COC(=O)CCCCCCCCCCCCCC)COC(=O)CCCCCCCCCCCCCCCCCCCCCCCCCCC. The Hall–Kier alpha value is -2.11. The number of hydrogen-bond donors (Lipinski definition) is 0. The van der Waals surface area contributed by atoms with Crippen LogP contribution in [0.2, 0.25) is 0 Å². The van der Waals surface area contributed by atoms with Gasteiger partial charge in [-0.1, -0.05) is 353 Å². The highest BCUT2D eigenvalue weighted by molar-refractivity contribution is 5.71. The molecule has 0 saturated carbocycles. The summed E-state index contributed by atoms with van der Waals surface area (Å²) < 4.78 is 17.0. The van der Waals surface area contributed by atoms with E-state index in [1.165, 1.54) is 295 Å². The summed E-state index contributed by atoms with van der Waals surface area (Å²) in [5.41, 5.74) is 0. The first-order chi connectivity index (χ1) is 38.5. The second kappa shape index (κ2) is 67.4. The number of hydrogen-bond acceptors (Lipinski definition) is 6. The Labute approximate surface area is 487 Å². The first kappa shape index (κ1) is 75.9. The predicted octanol–water partition coefficient (Wildman–Crippen LogP) is 24.2. The minimum atomic E-state index is -0.769. The van der Waals surface area contributed by atoms with Crippen LogP contribution in [0.4, 0.5) is 0 Å². The molecule has 0 bridgehead atoms. The van der Waals surface area contributed by atoms with E-state index in [1.54, 1.807) is 0 Å². The minimum Gasteiger partial charge on any atom is -0.462 e. The van der Waals surface area contributed by atoms with Crippen molar-refractivity contribution in [2.24, 2.45) is 0 Å². The van der Waals surface area contributed by atoms with Gasteiger partial charge in [0.05, 0.1) is 0 Å². The molecule has 0 aliphatic rings. The van der Waals surface area contributed by atoms with Gasteiger partial charge >= 0.3 is 17.9 Å². The van der Waals surface area contributed by atoms with Crippen molar-refractivity contribution in [3.8, 4) is 0 Å². The highest BCUT2D eigenvalue weighted by Gasteiger charge is 2.19.